The molecule has 0 atom stereocenters. The highest BCUT2D eigenvalue weighted by atomic mass is 32.2. The summed E-state index contributed by atoms with van der Waals surface area (Å²) in [6.45, 7) is 1.78. The Hall–Kier alpha value is -0.880. The summed E-state index contributed by atoms with van der Waals surface area (Å²) in [5, 5.41) is 10.4. The molecule has 1 rings (SSSR count). The van der Waals surface area contributed by atoms with Crippen molar-refractivity contribution in [2.45, 2.75) is 19.1 Å². The maximum Gasteiger partial charge on any atom is 0.346 e. The van der Waals surface area contributed by atoms with Gasteiger partial charge in [-0.1, -0.05) is 6.92 Å². The average Bonchev–Trinajstić information content (AvgIpc) is 2.50. The first-order valence-corrected chi connectivity index (χ1v) is 7.16. The van der Waals surface area contributed by atoms with Gasteiger partial charge in [0.1, 0.15) is 4.88 Å². The van der Waals surface area contributed by atoms with E-state index >= 15 is 0 Å². The third kappa shape index (κ3) is 3.32. The summed E-state index contributed by atoms with van der Waals surface area (Å²) in [5.41, 5.74) is 0.390. The van der Waals surface area contributed by atoms with Gasteiger partial charge in [-0.15, -0.1) is 11.3 Å². The molecule has 0 aliphatic carbocycles. The van der Waals surface area contributed by atoms with Crippen molar-refractivity contribution in [2.24, 2.45) is 0 Å². The number of sulfone groups is 1. The maximum atomic E-state index is 11.5. The third-order valence-electron chi connectivity index (χ3n) is 1.83. The Labute approximate surface area is 92.5 Å². The lowest BCUT2D eigenvalue weighted by Gasteiger charge is -2.01. The van der Waals surface area contributed by atoms with Gasteiger partial charge in [0, 0.05) is 0 Å². The van der Waals surface area contributed by atoms with Crippen molar-refractivity contribution in [1.29, 1.82) is 0 Å². The topological polar surface area (TPSA) is 71.4 Å². The lowest BCUT2D eigenvalue weighted by molar-refractivity contribution is 0.0701. The Balaban J connectivity index is 2.90. The molecular formula is C9H12O4S2. The molecule has 0 radical (unpaired) electrons. The van der Waals surface area contributed by atoms with Gasteiger partial charge in [0.25, 0.3) is 0 Å². The van der Waals surface area contributed by atoms with Crippen LogP contribution < -0.4 is 0 Å². The fraction of sp³-hybridized carbons (Fsp3) is 0.444. The second-order valence-electron chi connectivity index (χ2n) is 3.17. The van der Waals surface area contributed by atoms with Crippen LogP contribution in [0.3, 0.4) is 0 Å². The molecule has 0 unspecified atom stereocenters. The van der Waals surface area contributed by atoms with Gasteiger partial charge in [-0.05, 0) is 23.4 Å². The molecule has 0 aromatic carbocycles. The Morgan fingerprint density at radius 1 is 1.53 bits per heavy atom. The number of aromatic carboxylic acids is 1. The van der Waals surface area contributed by atoms with Gasteiger partial charge in [0.05, 0.1) is 11.5 Å². The molecule has 0 saturated heterocycles. The molecule has 1 N–H and O–H groups in total. The summed E-state index contributed by atoms with van der Waals surface area (Å²) in [7, 11) is -3.17. The fourth-order valence-electron chi connectivity index (χ4n) is 1.26. The zero-order valence-corrected chi connectivity index (χ0v) is 9.90. The molecule has 0 amide bonds. The minimum atomic E-state index is -3.17. The van der Waals surface area contributed by atoms with Crippen molar-refractivity contribution >= 4 is 27.1 Å². The van der Waals surface area contributed by atoms with Crippen LogP contribution >= 0.6 is 11.3 Å². The predicted octanol–water partition coefficient (Wildman–Crippen LogP) is 1.77. The zero-order valence-electron chi connectivity index (χ0n) is 8.26. The maximum absolute atomic E-state index is 11.5. The standard InChI is InChI=1S/C9H12O4S2/c1-2-5-15(12,13)6-7-3-4-14-8(7)9(10)11/h3-4H,2,5-6H2,1H3,(H,10,11). The molecule has 1 aromatic rings. The van der Waals surface area contributed by atoms with Crippen LogP contribution in [0.1, 0.15) is 28.6 Å². The Kier molecular flexibility index (Phi) is 3.87. The smallest absolute Gasteiger partial charge is 0.346 e. The van der Waals surface area contributed by atoms with Crippen molar-refractivity contribution in [3.05, 3.63) is 21.9 Å². The summed E-state index contributed by atoms with van der Waals surface area (Å²) in [6.07, 6.45) is 0.550. The van der Waals surface area contributed by atoms with Crippen molar-refractivity contribution in [2.75, 3.05) is 5.75 Å². The summed E-state index contributed by atoms with van der Waals surface area (Å²) >= 11 is 1.05. The number of rotatable bonds is 5. The van der Waals surface area contributed by atoms with E-state index in [0.29, 0.717) is 12.0 Å². The SMILES string of the molecule is CCCS(=O)(=O)Cc1ccsc1C(=O)O. The normalized spacial score (nSPS) is 11.5. The molecule has 0 aliphatic rings. The highest BCUT2D eigenvalue weighted by Crippen LogP contribution is 2.19. The van der Waals surface area contributed by atoms with E-state index in [9.17, 15) is 13.2 Å². The largest absolute Gasteiger partial charge is 0.477 e. The first-order valence-electron chi connectivity index (χ1n) is 4.46. The van der Waals surface area contributed by atoms with E-state index < -0.39 is 15.8 Å². The molecule has 1 heterocycles. The van der Waals surface area contributed by atoms with Crippen LogP contribution in [0.25, 0.3) is 0 Å². The van der Waals surface area contributed by atoms with Crippen LogP contribution in [-0.2, 0) is 15.6 Å². The molecule has 1 aromatic heterocycles. The first kappa shape index (κ1) is 12.2. The van der Waals surface area contributed by atoms with Crippen molar-refractivity contribution in [3.8, 4) is 0 Å². The third-order valence-corrected chi connectivity index (χ3v) is 4.56. The Bertz CT molecular complexity index is 444. The van der Waals surface area contributed by atoms with E-state index in [-0.39, 0.29) is 16.4 Å². The average molecular weight is 248 g/mol. The van der Waals surface area contributed by atoms with Crippen LogP contribution in [-0.4, -0.2) is 25.2 Å². The summed E-state index contributed by atoms with van der Waals surface area (Å²) in [5.74, 6) is -1.14. The fourth-order valence-corrected chi connectivity index (χ4v) is 3.59. The zero-order chi connectivity index (χ0) is 11.5. The summed E-state index contributed by atoms with van der Waals surface area (Å²) in [6, 6.07) is 1.56. The second-order valence-corrected chi connectivity index (χ2v) is 6.27. The van der Waals surface area contributed by atoms with Crippen LogP contribution in [0.15, 0.2) is 11.4 Å². The molecule has 15 heavy (non-hydrogen) atoms. The quantitative estimate of drug-likeness (QED) is 0.862. The van der Waals surface area contributed by atoms with Gasteiger partial charge in [-0.25, -0.2) is 13.2 Å². The van der Waals surface area contributed by atoms with E-state index in [4.69, 9.17) is 5.11 Å². The molecule has 0 spiro atoms. The first-order chi connectivity index (χ1) is 6.96. The molecule has 0 aliphatic heterocycles. The minimum Gasteiger partial charge on any atom is -0.477 e. The number of hydrogen-bond donors (Lipinski definition) is 1. The lowest BCUT2D eigenvalue weighted by Crippen LogP contribution is -2.10. The Morgan fingerprint density at radius 2 is 2.20 bits per heavy atom. The second kappa shape index (κ2) is 4.76. The highest BCUT2D eigenvalue weighted by molar-refractivity contribution is 7.90. The number of carboxylic acid groups (broad SMARTS) is 1. The monoisotopic (exact) mass is 248 g/mol. The van der Waals surface area contributed by atoms with E-state index in [1.54, 1.807) is 18.4 Å². The van der Waals surface area contributed by atoms with Gasteiger partial charge in [-0.2, -0.15) is 0 Å². The number of thiophene rings is 1. The summed E-state index contributed by atoms with van der Waals surface area (Å²) in [4.78, 5) is 10.9. The number of carboxylic acids is 1. The van der Waals surface area contributed by atoms with Crippen LogP contribution in [0.2, 0.25) is 0 Å². The van der Waals surface area contributed by atoms with E-state index in [1.165, 1.54) is 0 Å². The van der Waals surface area contributed by atoms with Gasteiger partial charge < -0.3 is 5.11 Å². The van der Waals surface area contributed by atoms with Crippen LogP contribution in [0.5, 0.6) is 0 Å². The molecule has 0 bridgehead atoms. The molecular weight excluding hydrogens is 236 g/mol. The summed E-state index contributed by atoms with van der Waals surface area (Å²) < 4.78 is 23.0. The van der Waals surface area contributed by atoms with Crippen LogP contribution in [0.4, 0.5) is 0 Å². The number of hydrogen-bond acceptors (Lipinski definition) is 4. The number of carbonyl (C=O) groups is 1. The predicted molar refractivity (Wildman–Crippen MR) is 59.1 cm³/mol. The van der Waals surface area contributed by atoms with E-state index in [1.807, 2.05) is 0 Å². The Morgan fingerprint density at radius 3 is 2.73 bits per heavy atom. The van der Waals surface area contributed by atoms with Gasteiger partial charge in [0.15, 0.2) is 9.84 Å². The van der Waals surface area contributed by atoms with Crippen LogP contribution in [0, 0.1) is 0 Å². The molecule has 6 heteroatoms. The molecule has 84 valence electrons. The minimum absolute atomic E-state index is 0.0991. The van der Waals surface area contributed by atoms with Gasteiger partial charge in [0.2, 0.25) is 0 Å². The van der Waals surface area contributed by atoms with Crippen molar-refractivity contribution in [1.82, 2.24) is 0 Å². The molecule has 0 saturated carbocycles. The lowest BCUT2D eigenvalue weighted by atomic mass is 10.3. The van der Waals surface area contributed by atoms with E-state index in [0.717, 1.165) is 11.3 Å². The van der Waals surface area contributed by atoms with Crippen molar-refractivity contribution < 1.29 is 18.3 Å². The van der Waals surface area contributed by atoms with E-state index in [2.05, 4.69) is 0 Å². The van der Waals surface area contributed by atoms with Gasteiger partial charge in [-0.3, -0.25) is 0 Å². The van der Waals surface area contributed by atoms with Crippen molar-refractivity contribution in [3.63, 3.8) is 0 Å². The molecule has 4 nitrogen and oxygen atoms in total. The molecule has 0 fully saturated rings. The van der Waals surface area contributed by atoms with Gasteiger partial charge >= 0.3 is 5.97 Å². The highest BCUT2D eigenvalue weighted by Gasteiger charge is 2.17.